The van der Waals surface area contributed by atoms with Gasteiger partial charge in [-0.05, 0) is 50.5 Å². The Morgan fingerprint density at radius 1 is 0.933 bits per heavy atom. The molecule has 2 aliphatic rings. The number of piperazine rings is 1. The third kappa shape index (κ3) is 6.47. The van der Waals surface area contributed by atoms with E-state index in [1.54, 1.807) is 0 Å². The SMILES string of the molecule is CC(=O)Nc1ccc(SC(C)C(=O)N2CCN(CC(=O)N3CCCCC3)CC2)cc1. The first kappa shape index (κ1) is 22.6. The standard InChI is InChI=1S/C22H32N4O3S/c1-17(30-20-8-6-19(7-9-20)23-18(2)27)22(29)26-14-12-24(13-15-26)16-21(28)25-10-4-3-5-11-25/h6-9,17H,3-5,10-16H2,1-2H3,(H,23,27). The summed E-state index contributed by atoms with van der Waals surface area (Å²) in [6.07, 6.45) is 3.44. The number of carbonyl (C=O) groups excluding carboxylic acids is 3. The van der Waals surface area contributed by atoms with E-state index >= 15 is 0 Å². The molecule has 0 bridgehead atoms. The number of anilines is 1. The molecule has 2 aliphatic heterocycles. The molecule has 1 N–H and O–H groups in total. The maximum absolute atomic E-state index is 12.8. The van der Waals surface area contributed by atoms with Gasteiger partial charge in [-0.1, -0.05) is 0 Å². The van der Waals surface area contributed by atoms with Crippen LogP contribution in [0, 0.1) is 0 Å². The lowest BCUT2D eigenvalue weighted by atomic mass is 10.1. The maximum atomic E-state index is 12.8. The van der Waals surface area contributed by atoms with Crippen molar-refractivity contribution in [3.63, 3.8) is 0 Å². The van der Waals surface area contributed by atoms with E-state index < -0.39 is 0 Å². The second-order valence-corrected chi connectivity index (χ2v) is 9.42. The second kappa shape index (κ2) is 10.8. The van der Waals surface area contributed by atoms with Gasteiger partial charge in [-0.15, -0.1) is 11.8 Å². The molecular weight excluding hydrogens is 400 g/mol. The van der Waals surface area contributed by atoms with Gasteiger partial charge in [0.25, 0.3) is 0 Å². The Labute approximate surface area is 183 Å². The van der Waals surface area contributed by atoms with Crippen LogP contribution in [0.2, 0.25) is 0 Å². The monoisotopic (exact) mass is 432 g/mol. The fraction of sp³-hybridized carbons (Fsp3) is 0.591. The predicted molar refractivity (Wildman–Crippen MR) is 120 cm³/mol. The molecule has 0 spiro atoms. The Kier molecular flexibility index (Phi) is 8.16. The third-order valence-corrected chi connectivity index (χ3v) is 6.69. The summed E-state index contributed by atoms with van der Waals surface area (Å²) >= 11 is 1.52. The van der Waals surface area contributed by atoms with E-state index in [4.69, 9.17) is 0 Å². The number of likely N-dealkylation sites (tertiary alicyclic amines) is 1. The van der Waals surface area contributed by atoms with E-state index in [1.807, 2.05) is 41.0 Å². The summed E-state index contributed by atoms with van der Waals surface area (Å²) in [5, 5.41) is 2.56. The van der Waals surface area contributed by atoms with Crippen LogP contribution in [0.1, 0.15) is 33.1 Å². The number of hydrogen-bond donors (Lipinski definition) is 1. The minimum Gasteiger partial charge on any atom is -0.342 e. The lowest BCUT2D eigenvalue weighted by Gasteiger charge is -2.36. The number of amides is 3. The van der Waals surface area contributed by atoms with Gasteiger partial charge in [0.15, 0.2) is 0 Å². The molecule has 7 nitrogen and oxygen atoms in total. The van der Waals surface area contributed by atoms with Crippen LogP contribution >= 0.6 is 11.8 Å². The zero-order valence-electron chi connectivity index (χ0n) is 17.9. The number of nitrogens with zero attached hydrogens (tertiary/aromatic N) is 3. The van der Waals surface area contributed by atoms with Crippen LogP contribution in [0.25, 0.3) is 0 Å². The molecule has 2 fully saturated rings. The van der Waals surface area contributed by atoms with E-state index in [1.165, 1.54) is 25.1 Å². The highest BCUT2D eigenvalue weighted by atomic mass is 32.2. The van der Waals surface area contributed by atoms with Crippen molar-refractivity contribution in [3.8, 4) is 0 Å². The Bertz CT molecular complexity index is 741. The first-order chi connectivity index (χ1) is 14.4. The maximum Gasteiger partial charge on any atom is 0.236 e. The average molecular weight is 433 g/mol. The number of hydrogen-bond acceptors (Lipinski definition) is 5. The quantitative estimate of drug-likeness (QED) is 0.699. The topological polar surface area (TPSA) is 73.0 Å². The molecule has 1 atom stereocenters. The minimum absolute atomic E-state index is 0.101. The smallest absolute Gasteiger partial charge is 0.236 e. The fourth-order valence-corrected chi connectivity index (χ4v) is 4.84. The van der Waals surface area contributed by atoms with Crippen molar-refractivity contribution in [2.24, 2.45) is 0 Å². The average Bonchev–Trinajstić information content (AvgIpc) is 2.75. The van der Waals surface area contributed by atoms with E-state index in [-0.39, 0.29) is 23.0 Å². The highest BCUT2D eigenvalue weighted by Crippen LogP contribution is 2.26. The Morgan fingerprint density at radius 2 is 1.57 bits per heavy atom. The van der Waals surface area contributed by atoms with Crippen molar-refractivity contribution in [1.82, 2.24) is 14.7 Å². The number of benzene rings is 1. The molecule has 0 aliphatic carbocycles. The molecule has 164 valence electrons. The number of rotatable bonds is 6. The molecule has 3 rings (SSSR count). The Hall–Kier alpha value is -2.06. The first-order valence-electron chi connectivity index (χ1n) is 10.8. The number of nitrogens with one attached hydrogen (secondary N) is 1. The molecule has 1 unspecified atom stereocenters. The van der Waals surface area contributed by atoms with Crippen LogP contribution < -0.4 is 5.32 Å². The zero-order valence-corrected chi connectivity index (χ0v) is 18.7. The molecule has 8 heteroatoms. The summed E-state index contributed by atoms with van der Waals surface area (Å²) in [6, 6.07) is 7.53. The van der Waals surface area contributed by atoms with Crippen LogP contribution in [0.3, 0.4) is 0 Å². The third-order valence-electron chi connectivity index (χ3n) is 5.59. The predicted octanol–water partition coefficient (Wildman–Crippen LogP) is 2.28. The molecule has 2 saturated heterocycles. The van der Waals surface area contributed by atoms with Gasteiger partial charge in [-0.3, -0.25) is 19.3 Å². The number of carbonyl (C=O) groups is 3. The van der Waals surface area contributed by atoms with Crippen molar-refractivity contribution in [1.29, 1.82) is 0 Å². The van der Waals surface area contributed by atoms with Crippen LogP contribution in [0.5, 0.6) is 0 Å². The lowest BCUT2D eigenvalue weighted by Crippen LogP contribution is -2.53. The summed E-state index contributed by atoms with van der Waals surface area (Å²) in [4.78, 5) is 43.5. The van der Waals surface area contributed by atoms with Crippen molar-refractivity contribution >= 4 is 35.2 Å². The van der Waals surface area contributed by atoms with Gasteiger partial charge in [0.05, 0.1) is 11.8 Å². The Morgan fingerprint density at radius 3 is 2.17 bits per heavy atom. The molecule has 2 heterocycles. The van der Waals surface area contributed by atoms with Crippen molar-refractivity contribution < 1.29 is 14.4 Å². The Balaban J connectivity index is 1.42. The van der Waals surface area contributed by atoms with E-state index in [0.29, 0.717) is 19.6 Å². The van der Waals surface area contributed by atoms with E-state index in [9.17, 15) is 14.4 Å². The van der Waals surface area contributed by atoms with Gasteiger partial charge in [0.2, 0.25) is 17.7 Å². The first-order valence-corrected chi connectivity index (χ1v) is 11.6. The largest absolute Gasteiger partial charge is 0.342 e. The van der Waals surface area contributed by atoms with E-state index in [2.05, 4.69) is 10.2 Å². The molecule has 30 heavy (non-hydrogen) atoms. The summed E-state index contributed by atoms with van der Waals surface area (Å²) in [7, 11) is 0. The van der Waals surface area contributed by atoms with Gasteiger partial charge in [0, 0.05) is 56.8 Å². The van der Waals surface area contributed by atoms with Gasteiger partial charge in [-0.2, -0.15) is 0 Å². The van der Waals surface area contributed by atoms with Gasteiger partial charge >= 0.3 is 0 Å². The zero-order chi connectivity index (χ0) is 21.5. The second-order valence-electron chi connectivity index (χ2n) is 8.01. The highest BCUT2D eigenvalue weighted by Gasteiger charge is 2.27. The number of thioether (sulfide) groups is 1. The van der Waals surface area contributed by atoms with Gasteiger partial charge in [-0.25, -0.2) is 0 Å². The lowest BCUT2D eigenvalue weighted by molar-refractivity contribution is -0.135. The summed E-state index contributed by atoms with van der Waals surface area (Å²) < 4.78 is 0. The van der Waals surface area contributed by atoms with Crippen LogP contribution in [0.4, 0.5) is 5.69 Å². The minimum atomic E-state index is -0.182. The summed E-state index contributed by atoms with van der Waals surface area (Å²) in [5.74, 6) is 0.254. The molecule has 0 radical (unpaired) electrons. The normalized spacial score (nSPS) is 18.7. The summed E-state index contributed by atoms with van der Waals surface area (Å²) in [5.41, 5.74) is 0.751. The van der Waals surface area contributed by atoms with Crippen LogP contribution in [-0.4, -0.2) is 83.5 Å². The molecule has 1 aromatic rings. The molecule has 0 aromatic heterocycles. The molecule has 1 aromatic carbocycles. The van der Waals surface area contributed by atoms with Crippen LogP contribution in [0.15, 0.2) is 29.2 Å². The van der Waals surface area contributed by atoms with Crippen molar-refractivity contribution in [2.45, 2.75) is 43.3 Å². The van der Waals surface area contributed by atoms with Gasteiger partial charge < -0.3 is 15.1 Å². The van der Waals surface area contributed by atoms with Gasteiger partial charge in [0.1, 0.15) is 0 Å². The summed E-state index contributed by atoms with van der Waals surface area (Å²) in [6.45, 7) is 8.47. The van der Waals surface area contributed by atoms with Crippen LogP contribution in [-0.2, 0) is 14.4 Å². The fourth-order valence-electron chi connectivity index (χ4n) is 3.89. The molecular formula is C22H32N4O3S. The molecule has 3 amide bonds. The van der Waals surface area contributed by atoms with Crippen molar-refractivity contribution in [3.05, 3.63) is 24.3 Å². The van der Waals surface area contributed by atoms with Crippen molar-refractivity contribution in [2.75, 3.05) is 51.1 Å². The highest BCUT2D eigenvalue weighted by molar-refractivity contribution is 8.00. The van der Waals surface area contributed by atoms with E-state index in [0.717, 1.165) is 49.6 Å². The molecule has 0 saturated carbocycles. The number of piperidine rings is 1.